The molecule has 3 aromatic rings. The average Bonchev–Trinajstić information content (AvgIpc) is 3.05. The Hall–Kier alpha value is -3.23. The lowest BCUT2D eigenvalue weighted by atomic mass is 10.1. The molecule has 1 fully saturated rings. The minimum atomic E-state index is -1.65. The van der Waals surface area contributed by atoms with E-state index in [-0.39, 0.29) is 5.69 Å². The van der Waals surface area contributed by atoms with Crippen LogP contribution in [0.4, 0.5) is 18.9 Å². The first-order valence-corrected chi connectivity index (χ1v) is 8.34. The standard InChI is InChI=1S/C18H15F3N4O2/c19-12-3-2-11(15(20)16(12)21)17(26)25-7-5-24(6-8-25)10-1-4-13-14(9-10)23-18(27)22-13/h1-4,9H,5-8H2,(H2,22,23,27). The zero-order chi connectivity index (χ0) is 19.1. The van der Waals surface area contributed by atoms with Gasteiger partial charge in [-0.05, 0) is 30.3 Å². The number of fused-ring (bicyclic) bond motifs is 1. The maximum atomic E-state index is 13.9. The summed E-state index contributed by atoms with van der Waals surface area (Å²) in [6.45, 7) is 1.58. The van der Waals surface area contributed by atoms with Gasteiger partial charge in [-0.1, -0.05) is 0 Å². The number of carbonyl (C=O) groups is 1. The van der Waals surface area contributed by atoms with E-state index in [1.807, 2.05) is 17.0 Å². The fourth-order valence-electron chi connectivity index (χ4n) is 3.25. The van der Waals surface area contributed by atoms with Gasteiger partial charge < -0.3 is 19.8 Å². The van der Waals surface area contributed by atoms with E-state index in [4.69, 9.17) is 0 Å². The van der Waals surface area contributed by atoms with Crippen molar-refractivity contribution in [3.8, 4) is 0 Å². The third-order valence-electron chi connectivity index (χ3n) is 4.70. The molecule has 1 aliphatic heterocycles. The number of hydrogen-bond donors (Lipinski definition) is 2. The second kappa shape index (κ2) is 6.49. The van der Waals surface area contributed by atoms with Gasteiger partial charge in [0.1, 0.15) is 0 Å². The molecule has 0 atom stereocenters. The lowest BCUT2D eigenvalue weighted by Gasteiger charge is -2.36. The van der Waals surface area contributed by atoms with Gasteiger partial charge in [0.15, 0.2) is 17.5 Å². The second-order valence-corrected chi connectivity index (χ2v) is 6.31. The van der Waals surface area contributed by atoms with Crippen LogP contribution in [0.25, 0.3) is 11.0 Å². The fraction of sp³-hybridized carbons (Fsp3) is 0.222. The molecule has 1 amide bonds. The third-order valence-corrected chi connectivity index (χ3v) is 4.70. The fourth-order valence-corrected chi connectivity index (χ4v) is 3.25. The highest BCUT2D eigenvalue weighted by molar-refractivity contribution is 5.94. The van der Waals surface area contributed by atoms with Crippen molar-refractivity contribution >= 4 is 22.6 Å². The van der Waals surface area contributed by atoms with Crippen LogP contribution in [0.15, 0.2) is 35.1 Å². The monoisotopic (exact) mass is 376 g/mol. The van der Waals surface area contributed by atoms with Gasteiger partial charge >= 0.3 is 5.69 Å². The molecular weight excluding hydrogens is 361 g/mol. The normalized spacial score (nSPS) is 14.8. The smallest absolute Gasteiger partial charge is 0.323 e. The summed E-state index contributed by atoms with van der Waals surface area (Å²) < 4.78 is 40.3. The van der Waals surface area contributed by atoms with Crippen molar-refractivity contribution in [3.05, 3.63) is 63.8 Å². The van der Waals surface area contributed by atoms with E-state index >= 15 is 0 Å². The maximum absolute atomic E-state index is 13.9. The number of benzene rings is 2. The molecule has 0 saturated carbocycles. The van der Waals surface area contributed by atoms with Crippen LogP contribution in [0.2, 0.25) is 0 Å². The van der Waals surface area contributed by atoms with Gasteiger partial charge in [0, 0.05) is 31.9 Å². The maximum Gasteiger partial charge on any atom is 0.323 e. The first-order valence-electron chi connectivity index (χ1n) is 8.34. The molecular formula is C18H15F3N4O2. The first kappa shape index (κ1) is 17.2. The molecule has 9 heteroatoms. The quantitative estimate of drug-likeness (QED) is 0.674. The van der Waals surface area contributed by atoms with Crippen LogP contribution in [0.1, 0.15) is 10.4 Å². The summed E-state index contributed by atoms with van der Waals surface area (Å²) >= 11 is 0. The SMILES string of the molecule is O=C(c1ccc(F)c(F)c1F)N1CCN(c2ccc3[nH]c(=O)[nH]c3c2)CC1. The summed E-state index contributed by atoms with van der Waals surface area (Å²) in [5.74, 6) is -5.11. The zero-order valence-electron chi connectivity index (χ0n) is 14.1. The number of piperazine rings is 1. The van der Waals surface area contributed by atoms with Crippen molar-refractivity contribution < 1.29 is 18.0 Å². The lowest BCUT2D eigenvalue weighted by Crippen LogP contribution is -2.49. The third kappa shape index (κ3) is 3.05. The van der Waals surface area contributed by atoms with Gasteiger partial charge in [-0.3, -0.25) is 4.79 Å². The number of rotatable bonds is 2. The van der Waals surface area contributed by atoms with Crippen LogP contribution in [-0.2, 0) is 0 Å². The Balaban J connectivity index is 1.48. The number of aromatic amines is 2. The molecule has 0 unspecified atom stereocenters. The molecule has 1 saturated heterocycles. The van der Waals surface area contributed by atoms with Crippen molar-refractivity contribution in [2.24, 2.45) is 0 Å². The highest BCUT2D eigenvalue weighted by Gasteiger charge is 2.26. The molecule has 2 N–H and O–H groups in total. The summed E-state index contributed by atoms with van der Waals surface area (Å²) in [4.78, 5) is 32.6. The van der Waals surface area contributed by atoms with Gasteiger partial charge in [0.05, 0.1) is 16.6 Å². The Morgan fingerprint density at radius 2 is 1.59 bits per heavy atom. The summed E-state index contributed by atoms with van der Waals surface area (Å²) in [5.41, 5.74) is 1.50. The van der Waals surface area contributed by atoms with E-state index in [0.717, 1.165) is 17.8 Å². The number of imidazole rings is 1. The molecule has 0 radical (unpaired) electrons. The minimum Gasteiger partial charge on any atom is -0.368 e. The van der Waals surface area contributed by atoms with Crippen LogP contribution in [0, 0.1) is 17.5 Å². The Kier molecular flexibility index (Phi) is 4.14. The van der Waals surface area contributed by atoms with Gasteiger partial charge in [-0.25, -0.2) is 18.0 Å². The predicted molar refractivity (Wildman–Crippen MR) is 93.4 cm³/mol. The number of amides is 1. The van der Waals surface area contributed by atoms with E-state index in [0.29, 0.717) is 37.2 Å². The van der Waals surface area contributed by atoms with Crippen molar-refractivity contribution in [1.29, 1.82) is 0 Å². The van der Waals surface area contributed by atoms with E-state index < -0.39 is 28.9 Å². The van der Waals surface area contributed by atoms with E-state index in [9.17, 15) is 22.8 Å². The number of carbonyl (C=O) groups excluding carboxylic acids is 1. The molecule has 2 heterocycles. The first-order chi connectivity index (χ1) is 12.9. The van der Waals surface area contributed by atoms with Gasteiger partial charge in [0.2, 0.25) is 0 Å². The average molecular weight is 376 g/mol. The summed E-state index contributed by atoms with van der Waals surface area (Å²) in [6, 6.07) is 7.18. The Morgan fingerprint density at radius 1 is 0.889 bits per heavy atom. The molecule has 1 aromatic heterocycles. The summed E-state index contributed by atoms with van der Waals surface area (Å²) in [6.07, 6.45) is 0. The van der Waals surface area contributed by atoms with Crippen molar-refractivity contribution in [1.82, 2.24) is 14.9 Å². The van der Waals surface area contributed by atoms with Crippen molar-refractivity contribution in [3.63, 3.8) is 0 Å². The molecule has 0 bridgehead atoms. The Labute approximate surface area is 151 Å². The van der Waals surface area contributed by atoms with Gasteiger partial charge in [-0.15, -0.1) is 0 Å². The van der Waals surface area contributed by atoms with E-state index in [1.54, 1.807) is 6.07 Å². The number of H-pyrrole nitrogens is 2. The highest BCUT2D eigenvalue weighted by atomic mass is 19.2. The molecule has 4 rings (SSSR count). The van der Waals surface area contributed by atoms with E-state index in [1.165, 1.54) is 4.90 Å². The number of aromatic nitrogens is 2. The van der Waals surface area contributed by atoms with Crippen LogP contribution in [-0.4, -0.2) is 47.0 Å². The van der Waals surface area contributed by atoms with Gasteiger partial charge in [0.25, 0.3) is 5.91 Å². The molecule has 2 aromatic carbocycles. The molecule has 1 aliphatic rings. The molecule has 6 nitrogen and oxygen atoms in total. The molecule has 0 aliphatic carbocycles. The van der Waals surface area contributed by atoms with Crippen LogP contribution in [0.5, 0.6) is 0 Å². The van der Waals surface area contributed by atoms with Crippen LogP contribution >= 0.6 is 0 Å². The molecule has 0 spiro atoms. The molecule has 140 valence electrons. The van der Waals surface area contributed by atoms with Crippen LogP contribution in [0.3, 0.4) is 0 Å². The lowest BCUT2D eigenvalue weighted by molar-refractivity contribution is 0.0740. The number of nitrogens with one attached hydrogen (secondary N) is 2. The summed E-state index contributed by atoms with van der Waals surface area (Å²) in [5, 5.41) is 0. The predicted octanol–water partition coefficient (Wildman–Crippen LogP) is 2.24. The van der Waals surface area contributed by atoms with Crippen LogP contribution < -0.4 is 10.6 Å². The molecule has 27 heavy (non-hydrogen) atoms. The van der Waals surface area contributed by atoms with Gasteiger partial charge in [-0.2, -0.15) is 0 Å². The van der Waals surface area contributed by atoms with Crippen molar-refractivity contribution in [2.75, 3.05) is 31.1 Å². The second-order valence-electron chi connectivity index (χ2n) is 6.31. The van der Waals surface area contributed by atoms with Crippen molar-refractivity contribution in [2.45, 2.75) is 0 Å². The van der Waals surface area contributed by atoms with E-state index in [2.05, 4.69) is 9.97 Å². The topological polar surface area (TPSA) is 72.2 Å². The zero-order valence-corrected chi connectivity index (χ0v) is 14.1. The number of anilines is 1. The Bertz CT molecular complexity index is 1080. The number of nitrogens with zero attached hydrogens (tertiary/aromatic N) is 2. The highest BCUT2D eigenvalue weighted by Crippen LogP contribution is 2.22. The number of halogens is 3. The minimum absolute atomic E-state index is 0.286. The Morgan fingerprint density at radius 3 is 2.33 bits per heavy atom. The summed E-state index contributed by atoms with van der Waals surface area (Å²) in [7, 11) is 0. The number of hydrogen-bond acceptors (Lipinski definition) is 3. The largest absolute Gasteiger partial charge is 0.368 e.